The maximum atomic E-state index is 13.5. The van der Waals surface area contributed by atoms with Gasteiger partial charge in [0.1, 0.15) is 24.7 Å². The smallest absolute Gasteiger partial charge is 0.242 e. The number of nitrogens with zero attached hydrogens (tertiary/aromatic N) is 3. The normalized spacial score (nSPS) is 16.3. The molecule has 0 saturated carbocycles. The minimum atomic E-state index is -0.563. The number of amides is 1. The third kappa shape index (κ3) is 5.31. The fourth-order valence-electron chi connectivity index (χ4n) is 4.07. The van der Waals surface area contributed by atoms with Gasteiger partial charge in [-0.3, -0.25) is 9.69 Å². The van der Waals surface area contributed by atoms with Gasteiger partial charge in [0.15, 0.2) is 0 Å². The minimum Gasteiger partial charge on any atom is -0.497 e. The highest BCUT2D eigenvalue weighted by Crippen LogP contribution is 2.33. The highest BCUT2D eigenvalue weighted by molar-refractivity contribution is 5.84. The zero-order valence-electron chi connectivity index (χ0n) is 19.5. The lowest BCUT2D eigenvalue weighted by Gasteiger charge is -2.32. The predicted octanol–water partition coefficient (Wildman–Crippen LogP) is 4.00. The van der Waals surface area contributed by atoms with Crippen LogP contribution >= 0.6 is 0 Å². The highest BCUT2D eigenvalue weighted by Gasteiger charge is 2.35. The minimum absolute atomic E-state index is 0.0917. The summed E-state index contributed by atoms with van der Waals surface area (Å²) in [6, 6.07) is 15.7. The number of methoxy groups -OCH3 is 1. The van der Waals surface area contributed by atoms with E-state index in [1.54, 1.807) is 13.3 Å². The summed E-state index contributed by atoms with van der Waals surface area (Å²) in [6.45, 7) is 7.52. The molecule has 0 bridgehead atoms. The van der Waals surface area contributed by atoms with Crippen LogP contribution in [-0.4, -0.2) is 46.6 Å². The molecular weight excluding hydrogens is 416 g/mol. The molecule has 1 atom stereocenters. The number of carbonyl (C=O) groups excluding carboxylic acids is 1. The Hall–Kier alpha value is -3.45. The summed E-state index contributed by atoms with van der Waals surface area (Å²) in [7, 11) is 1.66. The van der Waals surface area contributed by atoms with Crippen molar-refractivity contribution >= 4 is 5.91 Å². The van der Waals surface area contributed by atoms with Crippen LogP contribution in [0.25, 0.3) is 11.1 Å². The first kappa shape index (κ1) is 22.7. The Morgan fingerprint density at radius 2 is 1.94 bits per heavy atom. The van der Waals surface area contributed by atoms with E-state index in [0.29, 0.717) is 31.1 Å². The third-order valence-electron chi connectivity index (χ3n) is 5.52. The molecule has 0 saturated heterocycles. The maximum absolute atomic E-state index is 13.5. The van der Waals surface area contributed by atoms with Gasteiger partial charge in [0.25, 0.3) is 0 Å². The van der Waals surface area contributed by atoms with Crippen LogP contribution in [0.3, 0.4) is 0 Å². The van der Waals surface area contributed by atoms with E-state index in [9.17, 15) is 4.79 Å². The van der Waals surface area contributed by atoms with E-state index in [0.717, 1.165) is 22.4 Å². The van der Waals surface area contributed by atoms with Gasteiger partial charge in [0.2, 0.25) is 11.8 Å². The molecule has 2 heterocycles. The summed E-state index contributed by atoms with van der Waals surface area (Å²) in [5.41, 5.74) is 3.64. The van der Waals surface area contributed by atoms with E-state index in [2.05, 4.69) is 44.5 Å². The van der Waals surface area contributed by atoms with Crippen molar-refractivity contribution in [3.63, 3.8) is 0 Å². The van der Waals surface area contributed by atoms with Gasteiger partial charge in [0.05, 0.1) is 12.7 Å². The molecule has 7 nitrogen and oxygen atoms in total. The topological polar surface area (TPSA) is 76.6 Å². The van der Waals surface area contributed by atoms with Crippen molar-refractivity contribution in [3.05, 3.63) is 72.2 Å². The molecule has 0 aliphatic carbocycles. The van der Waals surface area contributed by atoms with Gasteiger partial charge in [-0.25, -0.2) is 9.97 Å². The molecule has 4 rings (SSSR count). The summed E-state index contributed by atoms with van der Waals surface area (Å²) in [5, 5.41) is 3.13. The molecule has 1 unspecified atom stereocenters. The number of fused-ring (bicyclic) bond motifs is 1. The SMILES string of the molecule is COc1ccc(-c2ccccc2CN2CCOc3ncncc3C2C(=O)NC(C)(C)C)cc1. The Morgan fingerprint density at radius 3 is 2.67 bits per heavy atom. The van der Waals surface area contributed by atoms with Crippen LogP contribution in [0.15, 0.2) is 61.1 Å². The van der Waals surface area contributed by atoms with Crippen LogP contribution in [0.5, 0.6) is 11.6 Å². The Balaban J connectivity index is 1.71. The number of ether oxygens (including phenoxy) is 2. The van der Waals surface area contributed by atoms with Gasteiger partial charge in [-0.1, -0.05) is 36.4 Å². The lowest BCUT2D eigenvalue weighted by molar-refractivity contribution is -0.128. The summed E-state index contributed by atoms with van der Waals surface area (Å²) in [5.74, 6) is 1.19. The molecule has 0 spiro atoms. The van der Waals surface area contributed by atoms with E-state index < -0.39 is 6.04 Å². The molecular formula is C26H30N4O3. The second-order valence-corrected chi connectivity index (χ2v) is 9.13. The summed E-state index contributed by atoms with van der Waals surface area (Å²) in [4.78, 5) is 24.1. The largest absolute Gasteiger partial charge is 0.497 e. The van der Waals surface area contributed by atoms with Crippen molar-refractivity contribution in [2.24, 2.45) is 0 Å². The standard InChI is InChI=1S/C26H30N4O3/c1-26(2,3)29-24(31)23-22-15-27-17-28-25(22)33-14-13-30(23)16-19-7-5-6-8-21(19)18-9-11-20(32-4)12-10-18/h5-12,15,17,23H,13-14,16H2,1-4H3,(H,29,31). The van der Waals surface area contributed by atoms with Crippen molar-refractivity contribution in [1.29, 1.82) is 0 Å². The second-order valence-electron chi connectivity index (χ2n) is 9.13. The second kappa shape index (κ2) is 9.58. The lowest BCUT2D eigenvalue weighted by atomic mass is 9.97. The molecule has 1 amide bonds. The van der Waals surface area contributed by atoms with Crippen molar-refractivity contribution < 1.29 is 14.3 Å². The van der Waals surface area contributed by atoms with Crippen molar-refractivity contribution in [2.45, 2.75) is 38.9 Å². The third-order valence-corrected chi connectivity index (χ3v) is 5.52. The fraction of sp³-hybridized carbons (Fsp3) is 0.346. The first-order valence-electron chi connectivity index (χ1n) is 11.1. The first-order valence-corrected chi connectivity index (χ1v) is 11.1. The molecule has 3 aromatic rings. The number of nitrogens with one attached hydrogen (secondary N) is 1. The van der Waals surface area contributed by atoms with Crippen molar-refractivity contribution in [3.8, 4) is 22.8 Å². The zero-order valence-corrected chi connectivity index (χ0v) is 19.5. The van der Waals surface area contributed by atoms with Crippen LogP contribution in [0.2, 0.25) is 0 Å². The first-order chi connectivity index (χ1) is 15.9. The Kier molecular flexibility index (Phi) is 6.60. The van der Waals surface area contributed by atoms with E-state index in [1.165, 1.54) is 6.33 Å². The van der Waals surface area contributed by atoms with Gasteiger partial charge in [-0.15, -0.1) is 0 Å². The molecule has 1 aromatic heterocycles. The van der Waals surface area contributed by atoms with E-state index in [1.807, 2.05) is 45.0 Å². The summed E-state index contributed by atoms with van der Waals surface area (Å²) >= 11 is 0. The number of hydrogen-bond donors (Lipinski definition) is 1. The molecule has 1 N–H and O–H groups in total. The number of carbonyl (C=O) groups is 1. The van der Waals surface area contributed by atoms with Crippen molar-refractivity contribution in [2.75, 3.05) is 20.3 Å². The molecule has 172 valence electrons. The summed E-state index contributed by atoms with van der Waals surface area (Å²) in [6.07, 6.45) is 3.13. The highest BCUT2D eigenvalue weighted by atomic mass is 16.5. The molecule has 1 aliphatic rings. The van der Waals surface area contributed by atoms with Gasteiger partial charge in [0, 0.05) is 24.8 Å². The van der Waals surface area contributed by atoms with Crippen LogP contribution in [0, 0.1) is 0 Å². The van der Waals surface area contributed by atoms with Gasteiger partial charge >= 0.3 is 0 Å². The maximum Gasteiger partial charge on any atom is 0.242 e. The number of benzene rings is 2. The van der Waals surface area contributed by atoms with E-state index in [-0.39, 0.29) is 11.4 Å². The number of aromatic nitrogens is 2. The molecule has 33 heavy (non-hydrogen) atoms. The van der Waals surface area contributed by atoms with Crippen LogP contribution < -0.4 is 14.8 Å². The number of rotatable bonds is 5. The van der Waals surface area contributed by atoms with Crippen LogP contribution in [0.1, 0.15) is 37.9 Å². The Morgan fingerprint density at radius 1 is 1.18 bits per heavy atom. The molecule has 1 aliphatic heterocycles. The van der Waals surface area contributed by atoms with Crippen molar-refractivity contribution in [1.82, 2.24) is 20.2 Å². The monoisotopic (exact) mass is 446 g/mol. The average molecular weight is 447 g/mol. The van der Waals surface area contributed by atoms with E-state index >= 15 is 0 Å². The average Bonchev–Trinajstić information content (AvgIpc) is 2.97. The molecule has 0 radical (unpaired) electrons. The molecule has 7 heteroatoms. The Bertz CT molecular complexity index is 1110. The molecule has 0 fully saturated rings. The predicted molar refractivity (Wildman–Crippen MR) is 127 cm³/mol. The van der Waals surface area contributed by atoms with Crippen LogP contribution in [-0.2, 0) is 11.3 Å². The van der Waals surface area contributed by atoms with Gasteiger partial charge in [-0.2, -0.15) is 0 Å². The number of hydrogen-bond acceptors (Lipinski definition) is 6. The fourth-order valence-corrected chi connectivity index (χ4v) is 4.07. The quantitative estimate of drug-likeness (QED) is 0.638. The summed E-state index contributed by atoms with van der Waals surface area (Å²) < 4.78 is 11.2. The van der Waals surface area contributed by atoms with E-state index in [4.69, 9.17) is 9.47 Å². The molecule has 2 aromatic carbocycles. The lowest BCUT2D eigenvalue weighted by Crippen LogP contribution is -2.47. The van der Waals surface area contributed by atoms with Gasteiger partial charge < -0.3 is 14.8 Å². The Labute approximate surface area is 194 Å². The van der Waals surface area contributed by atoms with Crippen LogP contribution in [0.4, 0.5) is 0 Å². The zero-order chi connectivity index (χ0) is 23.4. The van der Waals surface area contributed by atoms with Gasteiger partial charge in [-0.05, 0) is 49.6 Å².